The van der Waals surface area contributed by atoms with Gasteiger partial charge in [0.1, 0.15) is 5.75 Å². The number of thioether (sulfide) groups is 1. The van der Waals surface area contributed by atoms with Gasteiger partial charge in [0.15, 0.2) is 9.92 Å². The number of carbonyl (C=O) groups is 1. The molecule has 7 nitrogen and oxygen atoms in total. The van der Waals surface area contributed by atoms with Gasteiger partial charge < -0.3 is 14.6 Å². The molecule has 0 bridgehead atoms. The fourth-order valence-corrected chi connectivity index (χ4v) is 5.85. The van der Waals surface area contributed by atoms with E-state index in [2.05, 4.69) is 25.0 Å². The lowest BCUT2D eigenvalue weighted by molar-refractivity contribution is -0.137. The molecule has 0 spiro atoms. The molecule has 0 fully saturated rings. The number of halogens is 1. The SMILES string of the molecule is COC(=O)CSc1cc(NS(=O)(=NCCO)c2ccc(Br)cc2)c2ccccc2c1OC. The van der Waals surface area contributed by atoms with E-state index in [4.69, 9.17) is 9.47 Å². The van der Waals surface area contributed by atoms with Gasteiger partial charge in [0.05, 0.1) is 48.6 Å². The highest BCUT2D eigenvalue weighted by Gasteiger charge is 2.19. The lowest BCUT2D eigenvalue weighted by Crippen LogP contribution is -2.15. The van der Waals surface area contributed by atoms with Gasteiger partial charge in [0.2, 0.25) is 0 Å². The Morgan fingerprint density at radius 3 is 2.47 bits per heavy atom. The van der Waals surface area contributed by atoms with Crippen LogP contribution in [0.3, 0.4) is 0 Å². The molecule has 0 radical (unpaired) electrons. The maximum Gasteiger partial charge on any atom is 0.315 e. The highest BCUT2D eigenvalue weighted by molar-refractivity contribution is 9.10. The van der Waals surface area contributed by atoms with Crippen molar-refractivity contribution in [1.82, 2.24) is 0 Å². The normalized spacial score (nSPS) is 12.8. The largest absolute Gasteiger partial charge is 0.495 e. The van der Waals surface area contributed by atoms with E-state index in [1.165, 1.54) is 18.9 Å². The van der Waals surface area contributed by atoms with E-state index in [1.807, 2.05) is 24.3 Å². The second-order valence-corrected chi connectivity index (χ2v) is 10.4. The highest BCUT2D eigenvalue weighted by Crippen LogP contribution is 2.41. The number of hydrogen-bond acceptors (Lipinski definition) is 7. The van der Waals surface area contributed by atoms with Crippen LogP contribution in [0.25, 0.3) is 10.8 Å². The van der Waals surface area contributed by atoms with Gasteiger partial charge in [-0.1, -0.05) is 40.2 Å². The predicted molar refractivity (Wildman–Crippen MR) is 132 cm³/mol. The van der Waals surface area contributed by atoms with Crippen LogP contribution < -0.4 is 9.46 Å². The number of anilines is 1. The molecule has 0 aliphatic carbocycles. The van der Waals surface area contributed by atoms with Crippen molar-refractivity contribution in [1.29, 1.82) is 0 Å². The molecule has 170 valence electrons. The minimum atomic E-state index is -3.11. The molecule has 1 atom stereocenters. The molecule has 0 saturated carbocycles. The van der Waals surface area contributed by atoms with Crippen LogP contribution >= 0.6 is 27.7 Å². The fourth-order valence-electron chi connectivity index (χ4n) is 3.02. The molecule has 32 heavy (non-hydrogen) atoms. The fraction of sp³-hybridized carbons (Fsp3) is 0.227. The molecular formula is C22H23BrN2O5S2. The summed E-state index contributed by atoms with van der Waals surface area (Å²) in [5.74, 6) is 0.348. The molecule has 0 aromatic heterocycles. The predicted octanol–water partition coefficient (Wildman–Crippen LogP) is 4.72. The maximum absolute atomic E-state index is 13.9. The van der Waals surface area contributed by atoms with Crippen molar-refractivity contribution in [2.75, 3.05) is 37.8 Å². The molecule has 0 aliphatic heterocycles. The highest BCUT2D eigenvalue weighted by atomic mass is 79.9. The number of benzene rings is 3. The third kappa shape index (κ3) is 5.55. The van der Waals surface area contributed by atoms with Crippen molar-refractivity contribution in [2.45, 2.75) is 9.79 Å². The summed E-state index contributed by atoms with van der Waals surface area (Å²) >= 11 is 4.65. The summed E-state index contributed by atoms with van der Waals surface area (Å²) < 4.78 is 32.6. The first-order valence-electron chi connectivity index (χ1n) is 9.58. The van der Waals surface area contributed by atoms with Crippen molar-refractivity contribution in [2.24, 2.45) is 4.36 Å². The van der Waals surface area contributed by atoms with Gasteiger partial charge in [0, 0.05) is 15.2 Å². The molecule has 3 aromatic carbocycles. The molecule has 0 heterocycles. The number of nitrogens with zero attached hydrogens (tertiary/aromatic N) is 1. The smallest absolute Gasteiger partial charge is 0.315 e. The number of esters is 1. The summed E-state index contributed by atoms with van der Waals surface area (Å²) in [7, 11) is -0.206. The van der Waals surface area contributed by atoms with Crippen molar-refractivity contribution in [3.8, 4) is 5.75 Å². The monoisotopic (exact) mass is 538 g/mol. The Kier molecular flexibility index (Phi) is 8.41. The van der Waals surface area contributed by atoms with Crippen LogP contribution in [0.15, 0.2) is 73.2 Å². The van der Waals surface area contributed by atoms with E-state index >= 15 is 0 Å². The molecular weight excluding hydrogens is 516 g/mol. The van der Waals surface area contributed by atoms with Gasteiger partial charge in [-0.05, 0) is 30.3 Å². The second kappa shape index (κ2) is 11.0. The van der Waals surface area contributed by atoms with Crippen LogP contribution in [0.5, 0.6) is 5.75 Å². The number of ether oxygens (including phenoxy) is 2. The number of nitrogens with one attached hydrogen (secondary N) is 1. The lowest BCUT2D eigenvalue weighted by atomic mass is 10.1. The van der Waals surface area contributed by atoms with Crippen molar-refractivity contribution in [3.05, 3.63) is 59.1 Å². The molecule has 3 rings (SSSR count). The van der Waals surface area contributed by atoms with E-state index in [0.29, 0.717) is 21.2 Å². The van der Waals surface area contributed by atoms with E-state index in [1.54, 1.807) is 37.4 Å². The summed E-state index contributed by atoms with van der Waals surface area (Å²) in [6, 6.07) is 16.4. The third-order valence-electron chi connectivity index (χ3n) is 4.49. The van der Waals surface area contributed by atoms with E-state index < -0.39 is 9.92 Å². The number of carbonyl (C=O) groups excluding carboxylic acids is 1. The number of fused-ring (bicyclic) bond motifs is 1. The zero-order valence-corrected chi connectivity index (χ0v) is 20.8. The Morgan fingerprint density at radius 2 is 1.84 bits per heavy atom. The molecule has 10 heteroatoms. The Labute approximate surface area is 199 Å². The molecule has 0 saturated heterocycles. The Bertz CT molecular complexity index is 1220. The zero-order valence-electron chi connectivity index (χ0n) is 17.5. The van der Waals surface area contributed by atoms with Crippen molar-refractivity contribution < 1.29 is 23.6 Å². The van der Waals surface area contributed by atoms with Gasteiger partial charge in [-0.2, -0.15) is 0 Å². The van der Waals surface area contributed by atoms with Crippen LogP contribution in [0.2, 0.25) is 0 Å². The third-order valence-corrected chi connectivity index (χ3v) is 7.97. The Hall–Kier alpha value is -2.27. The minimum Gasteiger partial charge on any atom is -0.495 e. The number of rotatable bonds is 9. The van der Waals surface area contributed by atoms with Crippen molar-refractivity contribution in [3.63, 3.8) is 0 Å². The maximum atomic E-state index is 13.9. The van der Waals surface area contributed by atoms with E-state index in [0.717, 1.165) is 15.2 Å². The Balaban J connectivity index is 2.16. The van der Waals surface area contributed by atoms with Crippen LogP contribution in [0, 0.1) is 0 Å². The van der Waals surface area contributed by atoms with Crippen LogP contribution in [0.4, 0.5) is 5.69 Å². The molecule has 1 unspecified atom stereocenters. The summed E-state index contributed by atoms with van der Waals surface area (Å²) in [5, 5.41) is 10.9. The Morgan fingerprint density at radius 1 is 1.16 bits per heavy atom. The molecule has 2 N–H and O–H groups in total. The average molecular weight is 539 g/mol. The molecule has 3 aromatic rings. The van der Waals surface area contributed by atoms with Crippen LogP contribution in [-0.4, -0.2) is 48.4 Å². The van der Waals surface area contributed by atoms with Gasteiger partial charge in [0.25, 0.3) is 0 Å². The topological polar surface area (TPSA) is 97.2 Å². The molecule has 0 amide bonds. The molecule has 0 aliphatic rings. The quantitative estimate of drug-likeness (QED) is 0.302. The second-order valence-electron chi connectivity index (χ2n) is 6.52. The van der Waals surface area contributed by atoms with Crippen molar-refractivity contribution >= 4 is 60.0 Å². The van der Waals surface area contributed by atoms with Crippen LogP contribution in [-0.2, 0) is 19.4 Å². The average Bonchev–Trinajstić information content (AvgIpc) is 2.81. The summed E-state index contributed by atoms with van der Waals surface area (Å²) in [6.07, 6.45) is 0. The number of methoxy groups -OCH3 is 2. The standard InChI is InChI=1S/C22H23BrN2O5S2/c1-29-21(27)14-31-20-13-19(17-5-3-4-6-18(17)22(20)30-2)25-32(28,24-11-12-26)16-9-7-15(23)8-10-16/h3-10,13,26H,11-12,14H2,1-2H3,(H,24,25,28). The number of aliphatic hydroxyl groups excluding tert-OH is 1. The minimum absolute atomic E-state index is 0.0138. The van der Waals surface area contributed by atoms with E-state index in [-0.39, 0.29) is 24.9 Å². The van der Waals surface area contributed by atoms with Gasteiger partial charge in [-0.3, -0.25) is 9.52 Å². The van der Waals surface area contributed by atoms with Gasteiger partial charge in [-0.15, -0.1) is 11.8 Å². The lowest BCUT2D eigenvalue weighted by Gasteiger charge is -2.19. The number of hydrogen-bond donors (Lipinski definition) is 2. The number of aliphatic hydroxyl groups is 1. The first-order chi connectivity index (χ1) is 15.4. The first-order valence-corrected chi connectivity index (χ1v) is 12.9. The van der Waals surface area contributed by atoms with E-state index in [9.17, 15) is 14.1 Å². The summed E-state index contributed by atoms with van der Waals surface area (Å²) in [4.78, 5) is 12.9. The zero-order chi connectivity index (χ0) is 23.1. The van der Waals surface area contributed by atoms with Crippen LogP contribution in [0.1, 0.15) is 0 Å². The van der Waals surface area contributed by atoms with Gasteiger partial charge in [-0.25, -0.2) is 8.57 Å². The summed E-state index contributed by atoms with van der Waals surface area (Å²) in [6.45, 7) is -0.210. The first kappa shape index (κ1) is 24.4. The summed E-state index contributed by atoms with van der Waals surface area (Å²) in [5.41, 5.74) is 0.573. The van der Waals surface area contributed by atoms with Gasteiger partial charge >= 0.3 is 5.97 Å².